The van der Waals surface area contributed by atoms with Crippen molar-refractivity contribution in [1.29, 1.82) is 0 Å². The molecule has 1 fully saturated rings. The van der Waals surface area contributed by atoms with Gasteiger partial charge in [-0.2, -0.15) is 0 Å². The maximum Gasteiger partial charge on any atom is 0.269 e. The number of benzene rings is 2. The maximum absolute atomic E-state index is 12.7. The van der Waals surface area contributed by atoms with Crippen LogP contribution in [0.15, 0.2) is 42.5 Å². The first-order valence-corrected chi connectivity index (χ1v) is 7.71. The van der Waals surface area contributed by atoms with Crippen molar-refractivity contribution in [3.8, 4) is 5.75 Å². The van der Waals surface area contributed by atoms with E-state index in [1.807, 2.05) is 12.1 Å². The van der Waals surface area contributed by atoms with Crippen LogP contribution in [0, 0.1) is 10.1 Å². The van der Waals surface area contributed by atoms with Crippen LogP contribution >= 0.6 is 0 Å². The Morgan fingerprint density at radius 3 is 2.42 bits per heavy atom. The van der Waals surface area contributed by atoms with E-state index in [0.29, 0.717) is 17.2 Å². The summed E-state index contributed by atoms with van der Waals surface area (Å²) < 4.78 is 5.37. The van der Waals surface area contributed by atoms with Crippen molar-refractivity contribution in [3.63, 3.8) is 0 Å². The summed E-state index contributed by atoms with van der Waals surface area (Å²) in [7, 11) is 3.29. The summed E-state index contributed by atoms with van der Waals surface area (Å²) in [4.78, 5) is 24.5. The lowest BCUT2D eigenvalue weighted by Crippen LogP contribution is -2.26. The second kappa shape index (κ2) is 6.31. The molecule has 0 radical (unpaired) electrons. The molecular weight excluding hydrogens is 308 g/mol. The number of nitro benzene ring substituents is 1. The van der Waals surface area contributed by atoms with Crippen molar-refractivity contribution in [2.75, 3.05) is 19.1 Å². The van der Waals surface area contributed by atoms with Crippen LogP contribution in [-0.2, 0) is 0 Å². The largest absolute Gasteiger partial charge is 0.496 e. The molecule has 2 aromatic rings. The number of hydrogen-bond donors (Lipinski definition) is 0. The van der Waals surface area contributed by atoms with Crippen LogP contribution in [0.25, 0.3) is 0 Å². The molecule has 1 amide bonds. The minimum Gasteiger partial charge on any atom is -0.496 e. The molecule has 0 heterocycles. The molecular formula is C18H18N2O4. The van der Waals surface area contributed by atoms with Gasteiger partial charge in [-0.25, -0.2) is 0 Å². The standard InChI is InChI=1S/C18H18N2O4/c1-19(14-6-8-15(9-7-14)20(22)23)18(21)13-5-10-17(24-2)16(11-13)12-3-4-12/h5-12H,3-4H2,1-2H3. The predicted octanol–water partition coefficient (Wildman–Crippen LogP) is 3.76. The minimum atomic E-state index is -0.461. The third kappa shape index (κ3) is 3.08. The van der Waals surface area contributed by atoms with Gasteiger partial charge in [0.05, 0.1) is 12.0 Å². The average Bonchev–Trinajstić information content (AvgIpc) is 3.45. The van der Waals surface area contributed by atoms with Crippen molar-refractivity contribution < 1.29 is 14.5 Å². The molecule has 0 bridgehead atoms. The molecule has 0 atom stereocenters. The van der Waals surface area contributed by atoms with Gasteiger partial charge in [-0.15, -0.1) is 0 Å². The van der Waals surface area contributed by atoms with Gasteiger partial charge in [0, 0.05) is 30.4 Å². The highest BCUT2D eigenvalue weighted by Gasteiger charge is 2.28. The van der Waals surface area contributed by atoms with Crippen molar-refractivity contribution in [1.82, 2.24) is 0 Å². The lowest BCUT2D eigenvalue weighted by atomic mass is 10.0. The number of nitro groups is 1. The Labute approximate surface area is 139 Å². The van der Waals surface area contributed by atoms with Gasteiger partial charge in [0.25, 0.3) is 11.6 Å². The zero-order valence-corrected chi connectivity index (χ0v) is 13.6. The van der Waals surface area contributed by atoms with E-state index >= 15 is 0 Å². The molecule has 0 saturated heterocycles. The van der Waals surface area contributed by atoms with Crippen LogP contribution in [0.5, 0.6) is 5.75 Å². The first kappa shape index (κ1) is 16.0. The van der Waals surface area contributed by atoms with E-state index in [9.17, 15) is 14.9 Å². The summed E-state index contributed by atoms with van der Waals surface area (Å²) in [5.41, 5.74) is 2.26. The fraction of sp³-hybridized carbons (Fsp3) is 0.278. The molecule has 1 aliphatic rings. The predicted molar refractivity (Wildman–Crippen MR) is 90.8 cm³/mol. The van der Waals surface area contributed by atoms with E-state index in [2.05, 4.69) is 0 Å². The van der Waals surface area contributed by atoms with Crippen LogP contribution < -0.4 is 9.64 Å². The number of carbonyl (C=O) groups is 1. The second-order valence-corrected chi connectivity index (χ2v) is 5.87. The number of nitrogens with zero attached hydrogens (tertiary/aromatic N) is 2. The number of hydrogen-bond acceptors (Lipinski definition) is 4. The summed E-state index contributed by atoms with van der Waals surface area (Å²) in [5, 5.41) is 10.7. The smallest absolute Gasteiger partial charge is 0.269 e. The van der Waals surface area contributed by atoms with Gasteiger partial charge in [0.1, 0.15) is 5.75 Å². The normalized spacial score (nSPS) is 13.4. The Bertz CT molecular complexity index is 782. The molecule has 3 rings (SSSR count). The molecule has 0 spiro atoms. The molecule has 0 N–H and O–H groups in total. The Hall–Kier alpha value is -2.89. The van der Waals surface area contributed by atoms with Crippen LogP contribution in [-0.4, -0.2) is 25.0 Å². The Morgan fingerprint density at radius 2 is 1.88 bits per heavy atom. The Balaban J connectivity index is 1.85. The topological polar surface area (TPSA) is 72.7 Å². The SMILES string of the molecule is COc1ccc(C(=O)N(C)c2ccc([N+](=O)[O-])cc2)cc1C1CC1. The van der Waals surface area contributed by atoms with Crippen molar-refractivity contribution in [2.24, 2.45) is 0 Å². The first-order valence-electron chi connectivity index (χ1n) is 7.71. The zero-order chi connectivity index (χ0) is 17.3. The Morgan fingerprint density at radius 1 is 1.21 bits per heavy atom. The molecule has 0 aromatic heterocycles. The first-order chi connectivity index (χ1) is 11.5. The van der Waals surface area contributed by atoms with E-state index in [-0.39, 0.29) is 11.6 Å². The molecule has 24 heavy (non-hydrogen) atoms. The van der Waals surface area contributed by atoms with E-state index in [1.165, 1.54) is 17.0 Å². The highest BCUT2D eigenvalue weighted by molar-refractivity contribution is 6.06. The molecule has 0 aliphatic heterocycles. The molecule has 2 aromatic carbocycles. The number of rotatable bonds is 5. The van der Waals surface area contributed by atoms with Gasteiger partial charge in [-0.1, -0.05) is 0 Å². The van der Waals surface area contributed by atoms with E-state index in [1.54, 1.807) is 32.4 Å². The number of amides is 1. The number of anilines is 1. The molecule has 6 heteroatoms. The van der Waals surface area contributed by atoms with E-state index in [0.717, 1.165) is 24.2 Å². The summed E-state index contributed by atoms with van der Waals surface area (Å²) in [5.74, 6) is 1.12. The summed E-state index contributed by atoms with van der Waals surface area (Å²) in [6.07, 6.45) is 2.23. The third-order valence-corrected chi connectivity index (χ3v) is 4.25. The number of methoxy groups -OCH3 is 1. The van der Waals surface area contributed by atoms with Gasteiger partial charge >= 0.3 is 0 Å². The molecule has 1 aliphatic carbocycles. The van der Waals surface area contributed by atoms with Crippen molar-refractivity contribution >= 4 is 17.3 Å². The van der Waals surface area contributed by atoms with E-state index < -0.39 is 4.92 Å². The average molecular weight is 326 g/mol. The molecule has 1 saturated carbocycles. The second-order valence-electron chi connectivity index (χ2n) is 5.87. The Kier molecular flexibility index (Phi) is 4.20. The maximum atomic E-state index is 12.7. The third-order valence-electron chi connectivity index (χ3n) is 4.25. The summed E-state index contributed by atoms with van der Waals surface area (Å²) in [6.45, 7) is 0. The molecule has 6 nitrogen and oxygen atoms in total. The minimum absolute atomic E-state index is 0.0000612. The summed E-state index contributed by atoms with van der Waals surface area (Å²) in [6, 6.07) is 11.4. The van der Waals surface area contributed by atoms with Gasteiger partial charge in [0.15, 0.2) is 0 Å². The summed E-state index contributed by atoms with van der Waals surface area (Å²) >= 11 is 0. The van der Waals surface area contributed by atoms with Crippen molar-refractivity contribution in [3.05, 3.63) is 63.7 Å². The highest BCUT2D eigenvalue weighted by Crippen LogP contribution is 2.44. The lowest BCUT2D eigenvalue weighted by molar-refractivity contribution is -0.384. The van der Waals surface area contributed by atoms with Crippen molar-refractivity contribution in [2.45, 2.75) is 18.8 Å². The lowest BCUT2D eigenvalue weighted by Gasteiger charge is -2.18. The van der Waals surface area contributed by atoms with Gasteiger partial charge in [0.2, 0.25) is 0 Å². The number of carbonyl (C=O) groups excluding carboxylic acids is 1. The quantitative estimate of drug-likeness (QED) is 0.619. The number of non-ortho nitro benzene ring substituents is 1. The van der Waals surface area contributed by atoms with Crippen LogP contribution in [0.2, 0.25) is 0 Å². The van der Waals surface area contributed by atoms with E-state index in [4.69, 9.17) is 4.74 Å². The van der Waals surface area contributed by atoms with Gasteiger partial charge in [-0.05, 0) is 54.7 Å². The van der Waals surface area contributed by atoms with Gasteiger partial charge < -0.3 is 9.64 Å². The van der Waals surface area contributed by atoms with Crippen LogP contribution in [0.3, 0.4) is 0 Å². The monoisotopic (exact) mass is 326 g/mol. The van der Waals surface area contributed by atoms with Crippen LogP contribution in [0.1, 0.15) is 34.7 Å². The zero-order valence-electron chi connectivity index (χ0n) is 13.6. The van der Waals surface area contributed by atoms with Crippen LogP contribution in [0.4, 0.5) is 11.4 Å². The van der Waals surface area contributed by atoms with Gasteiger partial charge in [-0.3, -0.25) is 14.9 Å². The number of ether oxygens (including phenoxy) is 1. The fourth-order valence-electron chi connectivity index (χ4n) is 2.69. The molecule has 124 valence electrons. The molecule has 0 unspecified atom stereocenters. The highest BCUT2D eigenvalue weighted by atomic mass is 16.6. The fourth-order valence-corrected chi connectivity index (χ4v) is 2.69.